The molecule has 0 aliphatic rings. The minimum Gasteiger partial charge on any atom is -0.468 e. The Morgan fingerprint density at radius 3 is 2.71 bits per heavy atom. The molecule has 0 aliphatic heterocycles. The lowest BCUT2D eigenvalue weighted by Crippen LogP contribution is -2.33. The van der Waals surface area contributed by atoms with Crippen molar-refractivity contribution in [3.05, 3.63) is 21.4 Å². The van der Waals surface area contributed by atoms with Gasteiger partial charge < -0.3 is 10.5 Å². The van der Waals surface area contributed by atoms with Crippen molar-refractivity contribution in [1.29, 1.82) is 0 Å². The second-order valence-electron chi connectivity index (χ2n) is 3.30. The average Bonchev–Trinajstić information content (AvgIpc) is 2.44. The van der Waals surface area contributed by atoms with Gasteiger partial charge in [-0.15, -0.1) is 11.3 Å². The number of hydrogen-bond acceptors (Lipinski definition) is 4. The standard InChI is InChI=1S/C10H15NO2S/c1-6-4-7(2)14-9(6)5-8(11)10(12)13-3/h4,8H,5,11H2,1-3H3/t8-/m1/s1. The van der Waals surface area contributed by atoms with E-state index in [-0.39, 0.29) is 5.97 Å². The molecule has 1 atom stereocenters. The van der Waals surface area contributed by atoms with Gasteiger partial charge in [-0.05, 0) is 25.5 Å². The highest BCUT2D eigenvalue weighted by molar-refractivity contribution is 7.12. The zero-order chi connectivity index (χ0) is 10.7. The molecule has 1 heterocycles. The zero-order valence-corrected chi connectivity index (χ0v) is 9.48. The normalized spacial score (nSPS) is 12.6. The number of carbonyl (C=O) groups excluding carboxylic acids is 1. The van der Waals surface area contributed by atoms with E-state index >= 15 is 0 Å². The van der Waals surface area contributed by atoms with Crippen molar-refractivity contribution in [3.63, 3.8) is 0 Å². The summed E-state index contributed by atoms with van der Waals surface area (Å²) >= 11 is 1.68. The minimum atomic E-state index is -0.545. The van der Waals surface area contributed by atoms with E-state index in [0.717, 1.165) is 0 Å². The quantitative estimate of drug-likeness (QED) is 0.772. The molecular weight excluding hydrogens is 198 g/mol. The summed E-state index contributed by atoms with van der Waals surface area (Å²) in [6.45, 7) is 4.08. The maximum atomic E-state index is 11.1. The van der Waals surface area contributed by atoms with Crippen LogP contribution >= 0.6 is 11.3 Å². The van der Waals surface area contributed by atoms with E-state index in [2.05, 4.69) is 10.8 Å². The summed E-state index contributed by atoms with van der Waals surface area (Å²) in [6.07, 6.45) is 0.566. The molecule has 1 rings (SSSR count). The molecule has 0 radical (unpaired) electrons. The van der Waals surface area contributed by atoms with Crippen LogP contribution in [0.4, 0.5) is 0 Å². The third-order valence-corrected chi connectivity index (χ3v) is 3.23. The van der Waals surface area contributed by atoms with Gasteiger partial charge in [-0.2, -0.15) is 0 Å². The lowest BCUT2D eigenvalue weighted by atomic mass is 10.1. The highest BCUT2D eigenvalue weighted by Gasteiger charge is 2.16. The smallest absolute Gasteiger partial charge is 0.323 e. The van der Waals surface area contributed by atoms with E-state index in [9.17, 15) is 4.79 Å². The Hall–Kier alpha value is -0.870. The molecular formula is C10H15NO2S. The Bertz CT molecular complexity index is 333. The van der Waals surface area contributed by atoms with Gasteiger partial charge in [0.25, 0.3) is 0 Å². The fraction of sp³-hybridized carbons (Fsp3) is 0.500. The Kier molecular flexibility index (Phi) is 3.66. The highest BCUT2D eigenvalue weighted by atomic mass is 32.1. The van der Waals surface area contributed by atoms with Crippen LogP contribution in [0.1, 0.15) is 15.3 Å². The van der Waals surface area contributed by atoms with Crippen molar-refractivity contribution in [3.8, 4) is 0 Å². The summed E-state index contributed by atoms with van der Waals surface area (Å²) in [4.78, 5) is 13.5. The summed E-state index contributed by atoms with van der Waals surface area (Å²) in [5.41, 5.74) is 6.87. The van der Waals surface area contributed by atoms with Crippen LogP contribution in [0, 0.1) is 13.8 Å². The van der Waals surface area contributed by atoms with Gasteiger partial charge in [-0.3, -0.25) is 4.79 Å². The number of esters is 1. The molecule has 4 heteroatoms. The monoisotopic (exact) mass is 213 g/mol. The molecule has 1 aromatic rings. The van der Waals surface area contributed by atoms with Gasteiger partial charge in [0.05, 0.1) is 7.11 Å². The molecule has 0 spiro atoms. The number of methoxy groups -OCH3 is 1. The number of hydrogen-bond donors (Lipinski definition) is 1. The molecule has 0 bridgehead atoms. The first kappa shape index (κ1) is 11.2. The van der Waals surface area contributed by atoms with Crippen LogP contribution in [0.5, 0.6) is 0 Å². The van der Waals surface area contributed by atoms with Crippen molar-refractivity contribution in [2.75, 3.05) is 7.11 Å². The fourth-order valence-electron chi connectivity index (χ4n) is 1.33. The van der Waals surface area contributed by atoms with Gasteiger partial charge in [0, 0.05) is 16.2 Å². The van der Waals surface area contributed by atoms with E-state index < -0.39 is 6.04 Å². The van der Waals surface area contributed by atoms with Crippen LogP contribution in [0.2, 0.25) is 0 Å². The SMILES string of the molecule is COC(=O)[C@H](N)Cc1sc(C)cc1C. The molecule has 78 valence electrons. The third-order valence-electron chi connectivity index (χ3n) is 2.05. The maximum Gasteiger partial charge on any atom is 0.323 e. The number of nitrogens with two attached hydrogens (primary N) is 1. The lowest BCUT2D eigenvalue weighted by Gasteiger charge is -2.07. The fourth-order valence-corrected chi connectivity index (χ4v) is 2.43. The minimum absolute atomic E-state index is 0.351. The second-order valence-corrected chi connectivity index (χ2v) is 4.64. The first-order valence-corrected chi connectivity index (χ1v) is 5.25. The molecule has 0 aromatic carbocycles. The molecule has 0 saturated carbocycles. The highest BCUT2D eigenvalue weighted by Crippen LogP contribution is 2.22. The Morgan fingerprint density at radius 2 is 2.29 bits per heavy atom. The van der Waals surface area contributed by atoms with Crippen molar-refractivity contribution in [2.24, 2.45) is 5.73 Å². The molecule has 14 heavy (non-hydrogen) atoms. The zero-order valence-electron chi connectivity index (χ0n) is 8.66. The van der Waals surface area contributed by atoms with Crippen LogP contribution < -0.4 is 5.73 Å². The summed E-state index contributed by atoms with van der Waals surface area (Å²) in [6, 6.07) is 1.56. The van der Waals surface area contributed by atoms with E-state index in [1.165, 1.54) is 22.4 Å². The van der Waals surface area contributed by atoms with E-state index in [0.29, 0.717) is 6.42 Å². The van der Waals surface area contributed by atoms with Crippen LogP contribution in [0.3, 0.4) is 0 Å². The maximum absolute atomic E-state index is 11.1. The molecule has 0 fully saturated rings. The number of ether oxygens (including phenoxy) is 1. The van der Waals surface area contributed by atoms with Gasteiger partial charge >= 0.3 is 5.97 Å². The number of aryl methyl sites for hydroxylation is 2. The molecule has 0 aliphatic carbocycles. The van der Waals surface area contributed by atoms with E-state index in [4.69, 9.17) is 5.73 Å². The average molecular weight is 213 g/mol. The van der Waals surface area contributed by atoms with Crippen molar-refractivity contribution >= 4 is 17.3 Å². The van der Waals surface area contributed by atoms with E-state index in [1.54, 1.807) is 11.3 Å². The van der Waals surface area contributed by atoms with Gasteiger partial charge in [-0.1, -0.05) is 0 Å². The topological polar surface area (TPSA) is 52.3 Å². The molecule has 0 unspecified atom stereocenters. The first-order valence-electron chi connectivity index (χ1n) is 4.44. The summed E-state index contributed by atoms with van der Waals surface area (Å²) in [7, 11) is 1.36. The summed E-state index contributed by atoms with van der Waals surface area (Å²) in [5, 5.41) is 0. The predicted molar refractivity (Wildman–Crippen MR) is 57.5 cm³/mol. The Morgan fingerprint density at radius 1 is 1.64 bits per heavy atom. The van der Waals surface area contributed by atoms with Crippen LogP contribution in [0.15, 0.2) is 6.07 Å². The van der Waals surface area contributed by atoms with Crippen molar-refractivity contribution in [1.82, 2.24) is 0 Å². The summed E-state index contributed by atoms with van der Waals surface area (Å²) < 4.78 is 4.57. The largest absolute Gasteiger partial charge is 0.468 e. The van der Waals surface area contributed by atoms with E-state index in [1.807, 2.05) is 13.8 Å². The molecule has 0 saturated heterocycles. The van der Waals surface area contributed by atoms with Gasteiger partial charge in [0.15, 0.2) is 0 Å². The van der Waals surface area contributed by atoms with Gasteiger partial charge in [0.1, 0.15) is 6.04 Å². The lowest BCUT2D eigenvalue weighted by molar-refractivity contribution is -0.142. The van der Waals surface area contributed by atoms with Gasteiger partial charge in [-0.25, -0.2) is 0 Å². The second kappa shape index (κ2) is 4.57. The molecule has 0 amide bonds. The van der Waals surface area contributed by atoms with Crippen LogP contribution in [0.25, 0.3) is 0 Å². The van der Waals surface area contributed by atoms with Crippen molar-refractivity contribution < 1.29 is 9.53 Å². The number of carbonyl (C=O) groups is 1. The Balaban J connectivity index is 2.69. The first-order chi connectivity index (χ1) is 6.54. The number of rotatable bonds is 3. The van der Waals surface area contributed by atoms with Crippen LogP contribution in [-0.4, -0.2) is 19.1 Å². The summed E-state index contributed by atoms with van der Waals surface area (Å²) in [5.74, 6) is -0.351. The predicted octanol–water partition coefficient (Wildman–Crippen LogP) is 1.41. The number of thiophene rings is 1. The van der Waals surface area contributed by atoms with Crippen LogP contribution in [-0.2, 0) is 16.0 Å². The Labute approximate surface area is 87.9 Å². The molecule has 1 aromatic heterocycles. The van der Waals surface area contributed by atoms with Gasteiger partial charge in [0.2, 0.25) is 0 Å². The molecule has 2 N–H and O–H groups in total. The molecule has 3 nitrogen and oxygen atoms in total. The third kappa shape index (κ3) is 2.56. The van der Waals surface area contributed by atoms with Crippen molar-refractivity contribution in [2.45, 2.75) is 26.3 Å².